The van der Waals surface area contributed by atoms with E-state index in [9.17, 15) is 9.59 Å². The molecule has 0 atom stereocenters. The Bertz CT molecular complexity index is 410. The summed E-state index contributed by atoms with van der Waals surface area (Å²) in [6.07, 6.45) is 0. The van der Waals surface area contributed by atoms with Crippen molar-refractivity contribution in [3.05, 3.63) is 0 Å². The number of rotatable bonds is 8. The molecule has 0 aromatic carbocycles. The molecule has 2 N–H and O–H groups in total. The number of thioether (sulfide) groups is 1. The van der Waals surface area contributed by atoms with Gasteiger partial charge in [-0.15, -0.1) is 5.10 Å². The second-order valence-corrected chi connectivity index (χ2v) is 4.09. The Balaban J connectivity index is 2.36. The fraction of sp³-hybridized carbons (Fsp3) is 0.625. The van der Waals surface area contributed by atoms with Crippen LogP contribution in [0.5, 0.6) is 0 Å². The number of aromatic nitrogens is 4. The highest BCUT2D eigenvalue weighted by molar-refractivity contribution is 7.99. The molecular formula is C8H13N5O4S. The number of carboxylic acids is 1. The second-order valence-electron chi connectivity index (χ2n) is 3.14. The van der Waals surface area contributed by atoms with Crippen LogP contribution in [-0.4, -0.2) is 63.2 Å². The Morgan fingerprint density at radius 2 is 2.33 bits per heavy atom. The average molecular weight is 275 g/mol. The molecule has 1 aromatic heterocycles. The van der Waals surface area contributed by atoms with Crippen LogP contribution >= 0.6 is 11.8 Å². The highest BCUT2D eigenvalue weighted by atomic mass is 32.2. The zero-order chi connectivity index (χ0) is 13.4. The van der Waals surface area contributed by atoms with Gasteiger partial charge in [-0.25, -0.2) is 4.68 Å². The van der Waals surface area contributed by atoms with E-state index in [2.05, 4.69) is 20.8 Å². The predicted octanol–water partition coefficient (Wildman–Crippen LogP) is -1.39. The summed E-state index contributed by atoms with van der Waals surface area (Å²) in [4.78, 5) is 21.9. The molecule has 1 rings (SSSR count). The largest absolute Gasteiger partial charge is 0.480 e. The summed E-state index contributed by atoms with van der Waals surface area (Å²) in [6, 6.07) is 0. The number of amides is 1. The third kappa shape index (κ3) is 5.10. The quantitative estimate of drug-likeness (QED) is 0.439. The number of tetrazole rings is 1. The van der Waals surface area contributed by atoms with Gasteiger partial charge in [0.25, 0.3) is 0 Å². The monoisotopic (exact) mass is 275 g/mol. The van der Waals surface area contributed by atoms with Gasteiger partial charge in [0.2, 0.25) is 11.1 Å². The van der Waals surface area contributed by atoms with E-state index in [1.165, 1.54) is 0 Å². The normalized spacial score (nSPS) is 10.3. The Hall–Kier alpha value is -1.68. The first-order valence-corrected chi connectivity index (χ1v) is 5.98. The molecule has 0 aliphatic carbocycles. The van der Waals surface area contributed by atoms with Crippen molar-refractivity contribution >= 4 is 23.6 Å². The Morgan fingerprint density at radius 1 is 1.56 bits per heavy atom. The van der Waals surface area contributed by atoms with Crippen LogP contribution in [0.25, 0.3) is 0 Å². The fourth-order valence-corrected chi connectivity index (χ4v) is 1.71. The summed E-state index contributed by atoms with van der Waals surface area (Å²) >= 11 is 1.07. The maximum Gasteiger partial charge on any atom is 0.325 e. The van der Waals surface area contributed by atoms with Gasteiger partial charge in [-0.1, -0.05) is 11.8 Å². The van der Waals surface area contributed by atoms with Crippen LogP contribution in [0, 0.1) is 0 Å². The van der Waals surface area contributed by atoms with Crippen LogP contribution in [0.1, 0.15) is 0 Å². The smallest absolute Gasteiger partial charge is 0.325 e. The first-order chi connectivity index (χ1) is 8.63. The van der Waals surface area contributed by atoms with Gasteiger partial charge in [0.1, 0.15) is 6.54 Å². The van der Waals surface area contributed by atoms with E-state index in [0.29, 0.717) is 18.3 Å². The van der Waals surface area contributed by atoms with Crippen molar-refractivity contribution in [2.75, 3.05) is 26.0 Å². The van der Waals surface area contributed by atoms with Crippen LogP contribution in [0.15, 0.2) is 5.16 Å². The van der Waals surface area contributed by atoms with Gasteiger partial charge in [0.05, 0.1) is 12.4 Å². The molecule has 18 heavy (non-hydrogen) atoms. The Morgan fingerprint density at radius 3 is 3.00 bits per heavy atom. The molecule has 0 saturated carbocycles. The van der Waals surface area contributed by atoms with Crippen LogP contribution in [0.4, 0.5) is 0 Å². The summed E-state index contributed by atoms with van der Waals surface area (Å²) < 4.78 is 5.90. The minimum absolute atomic E-state index is 0.115. The maximum absolute atomic E-state index is 11.4. The lowest BCUT2D eigenvalue weighted by molar-refractivity contribution is -0.138. The molecule has 0 fully saturated rings. The standard InChI is InChI=1S/C8H13N5O4S/c1-17-3-2-9-6(14)5-18-8-10-11-12-13(8)4-7(15)16/h2-5H2,1H3,(H,9,14)(H,15,16). The maximum atomic E-state index is 11.4. The van der Waals surface area contributed by atoms with E-state index in [1.54, 1.807) is 7.11 Å². The Kier molecular flexibility index (Phi) is 6.08. The lowest BCUT2D eigenvalue weighted by atomic mass is 10.6. The van der Waals surface area contributed by atoms with Gasteiger partial charge in [0.15, 0.2) is 0 Å². The van der Waals surface area contributed by atoms with E-state index in [0.717, 1.165) is 16.4 Å². The number of methoxy groups -OCH3 is 1. The molecule has 9 nitrogen and oxygen atoms in total. The van der Waals surface area contributed by atoms with Crippen molar-refractivity contribution in [3.8, 4) is 0 Å². The predicted molar refractivity (Wildman–Crippen MR) is 61.1 cm³/mol. The second kappa shape index (κ2) is 7.61. The Labute approximate surface area is 107 Å². The van der Waals surface area contributed by atoms with Crippen molar-refractivity contribution in [2.24, 2.45) is 0 Å². The molecule has 1 amide bonds. The molecule has 0 saturated heterocycles. The number of nitrogens with zero attached hydrogens (tertiary/aromatic N) is 4. The number of aliphatic carboxylic acids is 1. The van der Waals surface area contributed by atoms with Crippen LogP contribution in [0.3, 0.4) is 0 Å². The first kappa shape index (κ1) is 14.4. The summed E-state index contributed by atoms with van der Waals surface area (Å²) in [7, 11) is 1.54. The zero-order valence-electron chi connectivity index (χ0n) is 9.70. The SMILES string of the molecule is COCCNC(=O)CSc1nnnn1CC(=O)O. The molecule has 0 aliphatic rings. The number of carboxylic acid groups (broad SMARTS) is 1. The highest BCUT2D eigenvalue weighted by Crippen LogP contribution is 2.12. The lowest BCUT2D eigenvalue weighted by Gasteiger charge is -2.03. The summed E-state index contributed by atoms with van der Waals surface area (Å²) in [5.41, 5.74) is 0. The highest BCUT2D eigenvalue weighted by Gasteiger charge is 2.11. The van der Waals surface area contributed by atoms with Crippen LogP contribution in [-0.2, 0) is 20.9 Å². The van der Waals surface area contributed by atoms with Crippen molar-refractivity contribution in [1.29, 1.82) is 0 Å². The van der Waals surface area contributed by atoms with Gasteiger partial charge >= 0.3 is 5.97 Å². The van der Waals surface area contributed by atoms with E-state index >= 15 is 0 Å². The molecule has 0 radical (unpaired) electrons. The van der Waals surface area contributed by atoms with Gasteiger partial charge in [0, 0.05) is 13.7 Å². The molecule has 1 heterocycles. The summed E-state index contributed by atoms with van der Waals surface area (Å²) in [6.45, 7) is 0.531. The van der Waals surface area contributed by atoms with E-state index < -0.39 is 5.97 Å². The number of hydrogen-bond donors (Lipinski definition) is 2. The van der Waals surface area contributed by atoms with E-state index in [1.807, 2.05) is 0 Å². The van der Waals surface area contributed by atoms with Crippen LogP contribution in [0.2, 0.25) is 0 Å². The van der Waals surface area contributed by atoms with Crippen molar-refractivity contribution in [2.45, 2.75) is 11.7 Å². The van der Waals surface area contributed by atoms with Gasteiger partial charge in [-0.3, -0.25) is 9.59 Å². The van der Waals surface area contributed by atoms with Gasteiger partial charge in [-0.05, 0) is 10.4 Å². The molecule has 0 unspecified atom stereocenters. The van der Waals surface area contributed by atoms with Gasteiger partial charge < -0.3 is 15.2 Å². The third-order valence-electron chi connectivity index (χ3n) is 1.74. The number of nitrogens with one attached hydrogen (secondary N) is 1. The molecular weight excluding hydrogens is 262 g/mol. The fourth-order valence-electron chi connectivity index (χ4n) is 1.00. The number of ether oxygens (including phenoxy) is 1. The molecule has 0 spiro atoms. The molecule has 0 bridgehead atoms. The minimum atomic E-state index is -1.05. The van der Waals surface area contributed by atoms with Crippen molar-refractivity contribution in [3.63, 3.8) is 0 Å². The summed E-state index contributed by atoms with van der Waals surface area (Å²) in [5.74, 6) is -1.13. The van der Waals surface area contributed by atoms with Crippen LogP contribution < -0.4 is 5.32 Å². The lowest BCUT2D eigenvalue weighted by Crippen LogP contribution is -2.28. The minimum Gasteiger partial charge on any atom is -0.480 e. The molecule has 100 valence electrons. The first-order valence-electron chi connectivity index (χ1n) is 5.00. The van der Waals surface area contributed by atoms with E-state index in [-0.39, 0.29) is 18.2 Å². The van der Waals surface area contributed by atoms with Crippen molar-refractivity contribution in [1.82, 2.24) is 25.5 Å². The zero-order valence-corrected chi connectivity index (χ0v) is 10.5. The van der Waals surface area contributed by atoms with Crippen molar-refractivity contribution < 1.29 is 19.4 Å². The summed E-state index contributed by atoms with van der Waals surface area (Å²) in [5, 5.41) is 22.0. The van der Waals surface area contributed by atoms with Gasteiger partial charge in [-0.2, -0.15) is 0 Å². The van der Waals surface area contributed by atoms with E-state index in [4.69, 9.17) is 9.84 Å². The topological polar surface area (TPSA) is 119 Å². The average Bonchev–Trinajstić information content (AvgIpc) is 2.73. The number of hydrogen-bond acceptors (Lipinski definition) is 7. The molecule has 10 heteroatoms. The molecule has 0 aliphatic heterocycles. The molecule has 1 aromatic rings. The number of carbonyl (C=O) groups is 2. The third-order valence-corrected chi connectivity index (χ3v) is 2.70. The number of carbonyl (C=O) groups excluding carboxylic acids is 1.